The van der Waals surface area contributed by atoms with E-state index in [4.69, 9.17) is 0 Å². The van der Waals surface area contributed by atoms with Crippen molar-refractivity contribution in [2.24, 2.45) is 0 Å². The predicted octanol–water partition coefficient (Wildman–Crippen LogP) is 2.43. The summed E-state index contributed by atoms with van der Waals surface area (Å²) in [5, 5.41) is 13.8. The van der Waals surface area contributed by atoms with Gasteiger partial charge in [-0.2, -0.15) is 5.10 Å². The minimum Gasteiger partial charge on any atom is -0.390 e. The zero-order chi connectivity index (χ0) is 11.9. The van der Waals surface area contributed by atoms with Gasteiger partial charge in [-0.3, -0.25) is 4.68 Å². The van der Waals surface area contributed by atoms with Crippen LogP contribution in [0.25, 0.3) is 0 Å². The van der Waals surface area contributed by atoms with Crippen molar-refractivity contribution in [3.05, 3.63) is 17.5 Å². The number of hydrogen-bond donors (Lipinski definition) is 1. The second-order valence-electron chi connectivity index (χ2n) is 6.00. The third-order valence-electron chi connectivity index (χ3n) is 2.46. The number of hydrogen-bond acceptors (Lipinski definition) is 2. The van der Waals surface area contributed by atoms with Crippen LogP contribution in [0.4, 0.5) is 0 Å². The van der Waals surface area contributed by atoms with Crippen molar-refractivity contribution in [3.63, 3.8) is 0 Å². The Kier molecular flexibility index (Phi) is 2.97. The molecule has 3 heteroatoms. The van der Waals surface area contributed by atoms with Crippen LogP contribution in [-0.4, -0.2) is 14.9 Å². The van der Waals surface area contributed by atoms with Gasteiger partial charge in [0, 0.05) is 5.56 Å². The van der Waals surface area contributed by atoms with Crippen LogP contribution in [-0.2, 0) is 17.6 Å². The van der Waals surface area contributed by atoms with Crippen molar-refractivity contribution < 1.29 is 5.11 Å². The topological polar surface area (TPSA) is 38.0 Å². The van der Waals surface area contributed by atoms with Crippen molar-refractivity contribution in [2.75, 3.05) is 0 Å². The first-order valence-corrected chi connectivity index (χ1v) is 5.36. The molecule has 0 fully saturated rings. The average molecular weight is 210 g/mol. The Labute approximate surface area is 92.1 Å². The molecule has 0 aliphatic rings. The summed E-state index contributed by atoms with van der Waals surface area (Å²) in [5.41, 5.74) is 2.00. The van der Waals surface area contributed by atoms with Crippen LogP contribution in [0.3, 0.4) is 0 Å². The van der Waals surface area contributed by atoms with E-state index >= 15 is 0 Å². The molecule has 3 nitrogen and oxygen atoms in total. The summed E-state index contributed by atoms with van der Waals surface area (Å²) in [6.45, 7) is 12.7. The van der Waals surface area contributed by atoms with E-state index in [-0.39, 0.29) is 17.6 Å². The lowest BCUT2D eigenvalue weighted by Gasteiger charge is -2.24. The van der Waals surface area contributed by atoms with Gasteiger partial charge < -0.3 is 5.11 Å². The highest BCUT2D eigenvalue weighted by atomic mass is 16.3. The summed E-state index contributed by atoms with van der Waals surface area (Å²) < 4.78 is 1.91. The first kappa shape index (κ1) is 12.2. The number of rotatable bonds is 1. The fraction of sp³-hybridized carbons (Fsp3) is 0.750. The monoisotopic (exact) mass is 210 g/mol. The van der Waals surface area contributed by atoms with Crippen LogP contribution in [0.5, 0.6) is 0 Å². The smallest absolute Gasteiger partial charge is 0.0853 e. The Hall–Kier alpha value is -0.830. The summed E-state index contributed by atoms with van der Waals surface area (Å²) in [5.74, 6) is 0. The molecule has 86 valence electrons. The lowest BCUT2D eigenvalue weighted by atomic mass is 9.87. The van der Waals surface area contributed by atoms with Gasteiger partial charge in [0.2, 0.25) is 0 Å². The van der Waals surface area contributed by atoms with Crippen molar-refractivity contribution >= 4 is 0 Å². The van der Waals surface area contributed by atoms with Gasteiger partial charge in [0.05, 0.1) is 24.0 Å². The molecule has 0 aliphatic carbocycles. The first-order valence-electron chi connectivity index (χ1n) is 5.36. The zero-order valence-corrected chi connectivity index (χ0v) is 10.6. The van der Waals surface area contributed by atoms with Gasteiger partial charge in [-0.05, 0) is 26.2 Å². The van der Waals surface area contributed by atoms with E-state index < -0.39 is 0 Å². The molecule has 1 aromatic heterocycles. The van der Waals surface area contributed by atoms with E-state index in [1.54, 1.807) is 0 Å². The molecule has 0 radical (unpaired) electrons. The summed E-state index contributed by atoms with van der Waals surface area (Å²) >= 11 is 0. The SMILES string of the molecule is CC(C)(C)c1cnn(C(C)(C)C)c1CO. The summed E-state index contributed by atoms with van der Waals surface area (Å²) in [4.78, 5) is 0. The Morgan fingerprint density at radius 1 is 1.20 bits per heavy atom. The standard InChI is InChI=1S/C12H22N2O/c1-11(2,3)9-7-13-14(10(9)8-15)12(4,5)6/h7,15H,8H2,1-6H3. The van der Waals surface area contributed by atoms with Gasteiger partial charge in [-0.1, -0.05) is 20.8 Å². The quantitative estimate of drug-likeness (QED) is 0.773. The predicted molar refractivity (Wildman–Crippen MR) is 61.8 cm³/mol. The zero-order valence-electron chi connectivity index (χ0n) is 10.6. The van der Waals surface area contributed by atoms with Gasteiger partial charge in [0.1, 0.15) is 0 Å². The van der Waals surface area contributed by atoms with Gasteiger partial charge >= 0.3 is 0 Å². The Balaban J connectivity index is 3.30. The van der Waals surface area contributed by atoms with Gasteiger partial charge in [0.15, 0.2) is 0 Å². The molecule has 0 atom stereocenters. The molecule has 1 aromatic rings. The molecule has 1 heterocycles. The Morgan fingerprint density at radius 2 is 1.73 bits per heavy atom. The van der Waals surface area contributed by atoms with E-state index in [0.717, 1.165) is 11.3 Å². The molecule has 0 unspecified atom stereocenters. The molecule has 0 bridgehead atoms. The largest absolute Gasteiger partial charge is 0.390 e. The summed E-state index contributed by atoms with van der Waals surface area (Å²) in [7, 11) is 0. The van der Waals surface area contributed by atoms with E-state index in [9.17, 15) is 5.11 Å². The van der Waals surface area contributed by atoms with Crippen LogP contribution < -0.4 is 0 Å². The van der Waals surface area contributed by atoms with Gasteiger partial charge in [-0.15, -0.1) is 0 Å². The molecular weight excluding hydrogens is 188 g/mol. The molecular formula is C12H22N2O. The molecule has 0 aliphatic heterocycles. The third-order valence-corrected chi connectivity index (χ3v) is 2.46. The number of nitrogens with zero attached hydrogens (tertiary/aromatic N) is 2. The summed E-state index contributed by atoms with van der Waals surface area (Å²) in [6, 6.07) is 0. The molecule has 0 saturated heterocycles. The summed E-state index contributed by atoms with van der Waals surface area (Å²) in [6.07, 6.45) is 1.87. The number of aliphatic hydroxyl groups is 1. The van der Waals surface area contributed by atoms with Crippen molar-refractivity contribution in [2.45, 2.75) is 59.1 Å². The number of aromatic nitrogens is 2. The highest BCUT2D eigenvalue weighted by Crippen LogP contribution is 2.28. The minimum atomic E-state index is -0.0818. The van der Waals surface area contributed by atoms with Gasteiger partial charge in [0.25, 0.3) is 0 Å². The van der Waals surface area contributed by atoms with Crippen LogP contribution in [0.2, 0.25) is 0 Å². The maximum atomic E-state index is 9.45. The second-order valence-corrected chi connectivity index (χ2v) is 6.00. The lowest BCUT2D eigenvalue weighted by molar-refractivity contribution is 0.243. The molecule has 1 N–H and O–H groups in total. The normalized spacial score (nSPS) is 13.3. The van der Waals surface area contributed by atoms with Crippen LogP contribution in [0.15, 0.2) is 6.20 Å². The van der Waals surface area contributed by atoms with Crippen molar-refractivity contribution in [1.29, 1.82) is 0 Å². The highest BCUT2D eigenvalue weighted by molar-refractivity contribution is 5.26. The van der Waals surface area contributed by atoms with E-state index in [1.165, 1.54) is 0 Å². The van der Waals surface area contributed by atoms with Crippen LogP contribution >= 0.6 is 0 Å². The van der Waals surface area contributed by atoms with Gasteiger partial charge in [-0.25, -0.2) is 0 Å². The third kappa shape index (κ3) is 2.40. The second kappa shape index (κ2) is 3.63. The maximum absolute atomic E-state index is 9.45. The number of aliphatic hydroxyl groups excluding tert-OH is 1. The fourth-order valence-electron chi connectivity index (χ4n) is 1.73. The Bertz CT molecular complexity index is 308. The molecule has 0 saturated carbocycles. The van der Waals surface area contributed by atoms with Crippen LogP contribution in [0.1, 0.15) is 52.8 Å². The molecule has 1 rings (SSSR count). The van der Waals surface area contributed by atoms with E-state index in [0.29, 0.717) is 0 Å². The van der Waals surface area contributed by atoms with Crippen LogP contribution in [0, 0.1) is 0 Å². The molecule has 0 amide bonds. The molecule has 0 aromatic carbocycles. The molecule has 0 spiro atoms. The van der Waals surface area contributed by atoms with Crippen molar-refractivity contribution in [1.82, 2.24) is 9.78 Å². The lowest BCUT2D eigenvalue weighted by Crippen LogP contribution is -2.26. The maximum Gasteiger partial charge on any atom is 0.0853 e. The fourth-order valence-corrected chi connectivity index (χ4v) is 1.73. The minimum absolute atomic E-state index is 0.0293. The first-order chi connectivity index (χ1) is 6.68. The average Bonchev–Trinajstić information content (AvgIpc) is 2.43. The van der Waals surface area contributed by atoms with E-state index in [2.05, 4.69) is 46.6 Å². The van der Waals surface area contributed by atoms with E-state index in [1.807, 2.05) is 10.9 Å². The molecule has 15 heavy (non-hydrogen) atoms. The highest BCUT2D eigenvalue weighted by Gasteiger charge is 2.26. The Morgan fingerprint density at radius 3 is 2.07 bits per heavy atom. The van der Waals surface area contributed by atoms with Crippen molar-refractivity contribution in [3.8, 4) is 0 Å².